The monoisotopic (exact) mass is 305 g/mol. The predicted molar refractivity (Wildman–Crippen MR) is 77.1 cm³/mol. The van der Waals surface area contributed by atoms with Gasteiger partial charge in [-0.1, -0.05) is 31.5 Å². The van der Waals surface area contributed by atoms with Crippen molar-refractivity contribution in [2.75, 3.05) is 0 Å². The molecule has 0 aliphatic heterocycles. The summed E-state index contributed by atoms with van der Waals surface area (Å²) in [5.41, 5.74) is 1.35. The van der Waals surface area contributed by atoms with Crippen LogP contribution in [0.1, 0.15) is 25.3 Å². The molecule has 0 atom stereocenters. The van der Waals surface area contributed by atoms with E-state index < -0.39 is 0 Å². The fourth-order valence-electron chi connectivity index (χ4n) is 1.67. The fourth-order valence-corrected chi connectivity index (χ4v) is 2.00. The number of hydrogen-bond acceptors (Lipinski definition) is 2. The molecule has 0 amide bonds. The van der Waals surface area contributed by atoms with Crippen LogP contribution in [0.15, 0.2) is 47.1 Å². The molecule has 0 aliphatic carbocycles. The quantitative estimate of drug-likeness (QED) is 0.727. The van der Waals surface area contributed by atoms with Crippen LogP contribution >= 0.6 is 15.9 Å². The highest BCUT2D eigenvalue weighted by molar-refractivity contribution is 9.10. The van der Waals surface area contributed by atoms with E-state index in [1.807, 2.05) is 30.3 Å². The van der Waals surface area contributed by atoms with Gasteiger partial charge in [-0.3, -0.25) is 0 Å². The Kier molecular flexibility index (Phi) is 4.76. The van der Waals surface area contributed by atoms with E-state index in [2.05, 4.69) is 40.0 Å². The molecule has 3 heteroatoms. The Balaban J connectivity index is 2.02. The second kappa shape index (κ2) is 6.55. The number of rotatable bonds is 5. The van der Waals surface area contributed by atoms with E-state index in [-0.39, 0.29) is 0 Å². The van der Waals surface area contributed by atoms with Gasteiger partial charge in [-0.2, -0.15) is 0 Å². The van der Waals surface area contributed by atoms with Crippen LogP contribution < -0.4 is 4.74 Å². The molecule has 0 N–H and O–H groups in total. The van der Waals surface area contributed by atoms with Crippen molar-refractivity contribution in [3.05, 3.63) is 52.6 Å². The number of aromatic nitrogens is 1. The van der Waals surface area contributed by atoms with E-state index in [1.165, 1.54) is 18.4 Å². The van der Waals surface area contributed by atoms with Crippen molar-refractivity contribution in [3.63, 3.8) is 0 Å². The summed E-state index contributed by atoms with van der Waals surface area (Å²) in [6, 6.07) is 13.8. The molecular weight excluding hydrogens is 290 g/mol. The molecule has 1 heterocycles. The number of unbranched alkanes of at least 4 members (excludes halogenated alkanes) is 1. The van der Waals surface area contributed by atoms with E-state index >= 15 is 0 Å². The first-order valence-electron chi connectivity index (χ1n) is 6.17. The Bertz CT molecular complexity index is 496. The van der Waals surface area contributed by atoms with Crippen LogP contribution in [0.4, 0.5) is 0 Å². The minimum atomic E-state index is 0.602. The number of ether oxygens (including phenoxy) is 1. The second-order valence-corrected chi connectivity index (χ2v) is 4.96. The van der Waals surface area contributed by atoms with Gasteiger partial charge in [0.15, 0.2) is 0 Å². The second-order valence-electron chi connectivity index (χ2n) is 4.15. The van der Waals surface area contributed by atoms with Gasteiger partial charge in [0.2, 0.25) is 5.88 Å². The van der Waals surface area contributed by atoms with Crippen LogP contribution in [-0.2, 0) is 6.42 Å². The lowest BCUT2D eigenvalue weighted by Crippen LogP contribution is -1.89. The zero-order valence-corrected chi connectivity index (χ0v) is 12.0. The Hall–Kier alpha value is -1.35. The standard InChI is InChI=1S/C15H16BrNO/c1-2-3-5-12-8-10-13(11-9-12)18-15-7-4-6-14(16)17-15/h4,6-11H,2-3,5H2,1H3. The van der Waals surface area contributed by atoms with Crippen molar-refractivity contribution in [1.29, 1.82) is 0 Å². The Morgan fingerprint density at radius 2 is 1.89 bits per heavy atom. The molecule has 2 aromatic rings. The van der Waals surface area contributed by atoms with E-state index in [9.17, 15) is 0 Å². The van der Waals surface area contributed by atoms with Crippen LogP contribution in [0.5, 0.6) is 11.6 Å². The highest BCUT2D eigenvalue weighted by atomic mass is 79.9. The minimum absolute atomic E-state index is 0.602. The third-order valence-electron chi connectivity index (χ3n) is 2.65. The molecular formula is C15H16BrNO. The number of pyridine rings is 1. The smallest absolute Gasteiger partial charge is 0.220 e. The van der Waals surface area contributed by atoms with E-state index in [0.717, 1.165) is 16.8 Å². The molecule has 0 unspecified atom stereocenters. The highest BCUT2D eigenvalue weighted by Gasteiger charge is 1.99. The van der Waals surface area contributed by atoms with Gasteiger partial charge in [0, 0.05) is 6.07 Å². The molecule has 94 valence electrons. The summed E-state index contributed by atoms with van der Waals surface area (Å²) >= 11 is 3.32. The van der Waals surface area contributed by atoms with Gasteiger partial charge >= 0.3 is 0 Å². The van der Waals surface area contributed by atoms with Crippen molar-refractivity contribution in [1.82, 2.24) is 4.98 Å². The lowest BCUT2D eigenvalue weighted by atomic mass is 10.1. The lowest BCUT2D eigenvalue weighted by Gasteiger charge is -2.06. The third kappa shape index (κ3) is 3.84. The Morgan fingerprint density at radius 1 is 1.11 bits per heavy atom. The summed E-state index contributed by atoms with van der Waals surface area (Å²) in [6.07, 6.45) is 3.58. The molecule has 1 aromatic carbocycles. The molecule has 18 heavy (non-hydrogen) atoms. The van der Waals surface area contributed by atoms with E-state index in [1.54, 1.807) is 0 Å². The van der Waals surface area contributed by atoms with E-state index in [0.29, 0.717) is 5.88 Å². The summed E-state index contributed by atoms with van der Waals surface area (Å²) in [7, 11) is 0. The Morgan fingerprint density at radius 3 is 2.56 bits per heavy atom. The zero-order valence-electron chi connectivity index (χ0n) is 10.4. The largest absolute Gasteiger partial charge is 0.439 e. The first kappa shape index (κ1) is 13.1. The van der Waals surface area contributed by atoms with Gasteiger partial charge < -0.3 is 4.74 Å². The molecule has 0 spiro atoms. The zero-order chi connectivity index (χ0) is 12.8. The van der Waals surface area contributed by atoms with Crippen LogP contribution in [0.2, 0.25) is 0 Å². The van der Waals surface area contributed by atoms with Gasteiger partial charge in [0.05, 0.1) is 0 Å². The molecule has 0 saturated carbocycles. The molecule has 2 rings (SSSR count). The normalized spacial score (nSPS) is 10.3. The number of aryl methyl sites for hydroxylation is 1. The summed E-state index contributed by atoms with van der Waals surface area (Å²) < 4.78 is 6.45. The molecule has 1 aromatic heterocycles. The fraction of sp³-hybridized carbons (Fsp3) is 0.267. The molecule has 0 fully saturated rings. The number of nitrogens with zero attached hydrogens (tertiary/aromatic N) is 1. The summed E-state index contributed by atoms with van der Waals surface area (Å²) in [5.74, 6) is 1.42. The van der Waals surface area contributed by atoms with Crippen LogP contribution in [0, 0.1) is 0 Å². The maximum absolute atomic E-state index is 5.68. The van der Waals surface area contributed by atoms with Gasteiger partial charge in [-0.05, 0) is 52.5 Å². The van der Waals surface area contributed by atoms with Gasteiger partial charge in [0.1, 0.15) is 10.4 Å². The molecule has 0 radical (unpaired) electrons. The Labute approximate surface area is 116 Å². The van der Waals surface area contributed by atoms with Crippen molar-refractivity contribution < 1.29 is 4.74 Å². The maximum Gasteiger partial charge on any atom is 0.220 e. The average Bonchev–Trinajstić information content (AvgIpc) is 2.38. The first-order chi connectivity index (χ1) is 8.78. The number of benzene rings is 1. The van der Waals surface area contributed by atoms with Crippen LogP contribution in [-0.4, -0.2) is 4.98 Å². The summed E-state index contributed by atoms with van der Waals surface area (Å²) in [4.78, 5) is 4.23. The minimum Gasteiger partial charge on any atom is -0.439 e. The lowest BCUT2D eigenvalue weighted by molar-refractivity contribution is 0.461. The first-order valence-corrected chi connectivity index (χ1v) is 6.96. The van der Waals surface area contributed by atoms with Gasteiger partial charge in [0.25, 0.3) is 0 Å². The molecule has 2 nitrogen and oxygen atoms in total. The van der Waals surface area contributed by atoms with Crippen molar-refractivity contribution in [3.8, 4) is 11.6 Å². The SMILES string of the molecule is CCCCc1ccc(Oc2cccc(Br)n2)cc1. The molecule has 0 aliphatic rings. The van der Waals surface area contributed by atoms with Gasteiger partial charge in [-0.15, -0.1) is 0 Å². The van der Waals surface area contributed by atoms with Crippen LogP contribution in [0.25, 0.3) is 0 Å². The van der Waals surface area contributed by atoms with Gasteiger partial charge in [-0.25, -0.2) is 4.98 Å². The van der Waals surface area contributed by atoms with Crippen molar-refractivity contribution >= 4 is 15.9 Å². The highest BCUT2D eigenvalue weighted by Crippen LogP contribution is 2.21. The molecule has 0 bridgehead atoms. The topological polar surface area (TPSA) is 22.1 Å². The van der Waals surface area contributed by atoms with E-state index in [4.69, 9.17) is 4.74 Å². The van der Waals surface area contributed by atoms with Crippen molar-refractivity contribution in [2.24, 2.45) is 0 Å². The maximum atomic E-state index is 5.68. The molecule has 0 saturated heterocycles. The summed E-state index contributed by atoms with van der Waals surface area (Å²) in [6.45, 7) is 2.20. The third-order valence-corrected chi connectivity index (χ3v) is 3.10. The average molecular weight is 306 g/mol. The number of hydrogen-bond donors (Lipinski definition) is 0. The predicted octanol–water partition coefficient (Wildman–Crippen LogP) is 4.98. The van der Waals surface area contributed by atoms with Crippen LogP contribution in [0.3, 0.4) is 0 Å². The number of halogens is 1. The van der Waals surface area contributed by atoms with Crippen molar-refractivity contribution in [2.45, 2.75) is 26.2 Å². The summed E-state index contributed by atoms with van der Waals surface area (Å²) in [5, 5.41) is 0.